The molecule has 0 aromatic heterocycles. The number of carbonyl (C=O) groups is 3. The van der Waals surface area contributed by atoms with E-state index < -0.39 is 17.9 Å². The zero-order chi connectivity index (χ0) is 17.6. The predicted molar refractivity (Wildman–Crippen MR) is 88.5 cm³/mol. The Labute approximate surface area is 137 Å². The fraction of sp³-hybridized carbons (Fsp3) is 0.500. The van der Waals surface area contributed by atoms with Gasteiger partial charge in [-0.05, 0) is 31.4 Å². The number of rotatable bonds is 8. The molecule has 0 heterocycles. The molecule has 1 amide bonds. The van der Waals surface area contributed by atoms with E-state index in [1.54, 1.807) is 6.92 Å². The molecule has 5 nitrogen and oxygen atoms in total. The van der Waals surface area contributed by atoms with Crippen molar-refractivity contribution >= 4 is 17.7 Å². The Hall–Kier alpha value is -2.17. The monoisotopic (exact) mass is 319 g/mol. The maximum absolute atomic E-state index is 12.2. The largest absolute Gasteiger partial charge is 0.480 e. The van der Waals surface area contributed by atoms with Crippen LogP contribution in [0.15, 0.2) is 18.2 Å². The quantitative estimate of drug-likeness (QED) is 0.722. The standard InChI is InChI=1S/C18H25NO4/c1-5-12(3)17(18(22)23)19-16(21)9-8-15(20)14-10-11(2)6-7-13(14)4/h6-7,10,12,17H,5,8-9H2,1-4H3,(H,19,21)(H,22,23)/t12-,17-/m0/s1. The van der Waals surface area contributed by atoms with Crippen LogP contribution < -0.4 is 5.32 Å². The molecule has 2 atom stereocenters. The van der Waals surface area contributed by atoms with E-state index >= 15 is 0 Å². The molecule has 0 aliphatic rings. The molecular weight excluding hydrogens is 294 g/mol. The minimum atomic E-state index is -1.05. The first-order valence-electron chi connectivity index (χ1n) is 7.88. The molecule has 0 bridgehead atoms. The van der Waals surface area contributed by atoms with Gasteiger partial charge in [-0.1, -0.05) is 38.0 Å². The lowest BCUT2D eigenvalue weighted by atomic mass is 9.98. The summed E-state index contributed by atoms with van der Waals surface area (Å²) in [5.74, 6) is -1.71. The number of carboxylic acids is 1. The number of amides is 1. The van der Waals surface area contributed by atoms with Crippen molar-refractivity contribution in [2.45, 2.75) is 53.0 Å². The number of nitrogens with one attached hydrogen (secondary N) is 1. The lowest BCUT2D eigenvalue weighted by Crippen LogP contribution is -2.45. The minimum absolute atomic E-state index is 0.00751. The van der Waals surface area contributed by atoms with Crippen molar-refractivity contribution in [3.05, 3.63) is 34.9 Å². The second kappa shape index (κ2) is 8.46. The predicted octanol–water partition coefficient (Wildman–Crippen LogP) is 2.88. The Morgan fingerprint density at radius 2 is 1.83 bits per heavy atom. The SMILES string of the molecule is CC[C@H](C)[C@H](NC(=O)CCC(=O)c1cc(C)ccc1C)C(=O)O. The minimum Gasteiger partial charge on any atom is -0.480 e. The summed E-state index contributed by atoms with van der Waals surface area (Å²) in [5.41, 5.74) is 2.49. The Morgan fingerprint density at radius 1 is 1.17 bits per heavy atom. The van der Waals surface area contributed by atoms with Gasteiger partial charge in [-0.25, -0.2) is 4.79 Å². The molecule has 0 aliphatic carbocycles. The summed E-state index contributed by atoms with van der Waals surface area (Å²) in [6, 6.07) is 4.71. The Bertz CT molecular complexity index is 595. The molecule has 1 aromatic carbocycles. The van der Waals surface area contributed by atoms with Gasteiger partial charge < -0.3 is 10.4 Å². The van der Waals surface area contributed by atoms with Gasteiger partial charge in [0.15, 0.2) is 5.78 Å². The Balaban J connectivity index is 2.63. The molecule has 2 N–H and O–H groups in total. The smallest absolute Gasteiger partial charge is 0.326 e. The average Bonchev–Trinajstić information content (AvgIpc) is 2.51. The number of aryl methyl sites for hydroxylation is 2. The Kier molecular flexibility index (Phi) is 6.94. The van der Waals surface area contributed by atoms with Crippen molar-refractivity contribution in [1.82, 2.24) is 5.32 Å². The van der Waals surface area contributed by atoms with Crippen LogP contribution in [0.2, 0.25) is 0 Å². The molecule has 5 heteroatoms. The molecule has 0 aliphatic heterocycles. The van der Waals surface area contributed by atoms with Crippen LogP contribution in [-0.4, -0.2) is 28.8 Å². The topological polar surface area (TPSA) is 83.5 Å². The number of aliphatic carboxylic acids is 1. The van der Waals surface area contributed by atoms with Crippen molar-refractivity contribution in [1.29, 1.82) is 0 Å². The summed E-state index contributed by atoms with van der Waals surface area (Å²) in [4.78, 5) is 35.4. The van der Waals surface area contributed by atoms with Crippen LogP contribution >= 0.6 is 0 Å². The fourth-order valence-electron chi connectivity index (χ4n) is 2.33. The fourth-order valence-corrected chi connectivity index (χ4v) is 2.33. The summed E-state index contributed by atoms with van der Waals surface area (Å²) in [5, 5.41) is 11.7. The van der Waals surface area contributed by atoms with Crippen LogP contribution in [0.4, 0.5) is 0 Å². The number of Topliss-reactive ketones (excluding diaryl/α,β-unsaturated/α-hetero) is 1. The van der Waals surface area contributed by atoms with Gasteiger partial charge >= 0.3 is 5.97 Å². The van der Waals surface area contributed by atoms with Gasteiger partial charge in [0.25, 0.3) is 0 Å². The molecule has 126 valence electrons. The second-order valence-electron chi connectivity index (χ2n) is 6.01. The summed E-state index contributed by atoms with van der Waals surface area (Å²) < 4.78 is 0. The molecule has 0 radical (unpaired) electrons. The molecule has 0 saturated heterocycles. The van der Waals surface area contributed by atoms with Gasteiger partial charge in [0.05, 0.1) is 0 Å². The highest BCUT2D eigenvalue weighted by Gasteiger charge is 2.25. The number of carboxylic acid groups (broad SMARTS) is 1. The van der Waals surface area contributed by atoms with Gasteiger partial charge in [-0.3, -0.25) is 9.59 Å². The van der Waals surface area contributed by atoms with Crippen molar-refractivity contribution in [2.24, 2.45) is 5.92 Å². The first-order chi connectivity index (χ1) is 10.8. The second-order valence-corrected chi connectivity index (χ2v) is 6.01. The molecule has 1 aromatic rings. The maximum Gasteiger partial charge on any atom is 0.326 e. The van der Waals surface area contributed by atoms with E-state index in [1.807, 2.05) is 39.0 Å². The van der Waals surface area contributed by atoms with E-state index in [1.165, 1.54) is 0 Å². The van der Waals surface area contributed by atoms with Gasteiger partial charge in [0.2, 0.25) is 5.91 Å². The highest BCUT2D eigenvalue weighted by Crippen LogP contribution is 2.14. The summed E-state index contributed by atoms with van der Waals surface area (Å²) in [6.45, 7) is 7.42. The first-order valence-corrected chi connectivity index (χ1v) is 7.88. The van der Waals surface area contributed by atoms with Crippen molar-refractivity contribution in [3.8, 4) is 0 Å². The van der Waals surface area contributed by atoms with E-state index in [2.05, 4.69) is 5.32 Å². The van der Waals surface area contributed by atoms with E-state index in [9.17, 15) is 14.4 Å². The van der Waals surface area contributed by atoms with Gasteiger partial charge in [-0.2, -0.15) is 0 Å². The van der Waals surface area contributed by atoms with Gasteiger partial charge in [-0.15, -0.1) is 0 Å². The number of benzene rings is 1. The summed E-state index contributed by atoms with van der Waals surface area (Å²) in [6.07, 6.45) is 0.716. The molecule has 0 unspecified atom stereocenters. The van der Waals surface area contributed by atoms with E-state index in [0.717, 1.165) is 11.1 Å². The highest BCUT2D eigenvalue weighted by molar-refractivity contribution is 5.99. The van der Waals surface area contributed by atoms with E-state index in [4.69, 9.17) is 5.11 Å². The zero-order valence-electron chi connectivity index (χ0n) is 14.2. The van der Waals surface area contributed by atoms with E-state index in [0.29, 0.717) is 12.0 Å². The van der Waals surface area contributed by atoms with E-state index in [-0.39, 0.29) is 24.5 Å². The summed E-state index contributed by atoms with van der Waals surface area (Å²) >= 11 is 0. The summed E-state index contributed by atoms with van der Waals surface area (Å²) in [7, 11) is 0. The van der Waals surface area contributed by atoms with Gasteiger partial charge in [0, 0.05) is 18.4 Å². The van der Waals surface area contributed by atoms with Crippen molar-refractivity contribution in [3.63, 3.8) is 0 Å². The van der Waals surface area contributed by atoms with Crippen LogP contribution in [-0.2, 0) is 9.59 Å². The number of ketones is 1. The first kappa shape index (κ1) is 18.9. The molecule has 0 fully saturated rings. The zero-order valence-corrected chi connectivity index (χ0v) is 14.2. The molecule has 1 rings (SSSR count). The van der Waals surface area contributed by atoms with Gasteiger partial charge in [0.1, 0.15) is 6.04 Å². The van der Waals surface area contributed by atoms with Crippen molar-refractivity contribution < 1.29 is 19.5 Å². The third-order valence-electron chi connectivity index (χ3n) is 4.07. The van der Waals surface area contributed by atoms with Crippen molar-refractivity contribution in [2.75, 3.05) is 0 Å². The molecule has 0 saturated carbocycles. The van der Waals surface area contributed by atoms with Crippen LogP contribution in [0.1, 0.15) is 54.6 Å². The lowest BCUT2D eigenvalue weighted by Gasteiger charge is -2.20. The van der Waals surface area contributed by atoms with Crippen LogP contribution in [0.3, 0.4) is 0 Å². The normalized spacial score (nSPS) is 13.2. The number of hydrogen-bond donors (Lipinski definition) is 2. The Morgan fingerprint density at radius 3 is 2.39 bits per heavy atom. The van der Waals surface area contributed by atoms with Crippen LogP contribution in [0.25, 0.3) is 0 Å². The molecular formula is C18H25NO4. The molecule has 23 heavy (non-hydrogen) atoms. The van der Waals surface area contributed by atoms with Crippen LogP contribution in [0, 0.1) is 19.8 Å². The molecule has 0 spiro atoms. The number of hydrogen-bond acceptors (Lipinski definition) is 3. The third-order valence-corrected chi connectivity index (χ3v) is 4.07. The maximum atomic E-state index is 12.2. The highest BCUT2D eigenvalue weighted by atomic mass is 16.4. The van der Waals surface area contributed by atoms with Crippen LogP contribution in [0.5, 0.6) is 0 Å². The third kappa shape index (κ3) is 5.51. The number of carbonyl (C=O) groups excluding carboxylic acids is 2. The average molecular weight is 319 g/mol. The lowest BCUT2D eigenvalue weighted by molar-refractivity contribution is -0.143.